The molecule has 23 heavy (non-hydrogen) atoms. The van der Waals surface area contributed by atoms with Crippen molar-refractivity contribution in [1.82, 2.24) is 14.1 Å². The van der Waals surface area contributed by atoms with Gasteiger partial charge in [0.2, 0.25) is 0 Å². The van der Waals surface area contributed by atoms with Crippen LogP contribution in [0.4, 0.5) is 0 Å². The molecule has 112 valence electrons. The van der Waals surface area contributed by atoms with E-state index in [0.717, 1.165) is 5.69 Å². The number of imidazole rings is 1. The van der Waals surface area contributed by atoms with Crippen molar-refractivity contribution in [2.45, 2.75) is 6.04 Å². The first-order valence-electron chi connectivity index (χ1n) is 7.67. The molecule has 0 aliphatic rings. The second-order valence-electron chi connectivity index (χ2n) is 5.51. The molecule has 2 aromatic carbocycles. The Labute approximate surface area is 135 Å². The summed E-state index contributed by atoms with van der Waals surface area (Å²) in [5.74, 6) is 0. The first kappa shape index (κ1) is 13.6. The molecule has 0 spiro atoms. The number of hydrogen-bond donors (Lipinski definition) is 0. The average Bonchev–Trinajstić information content (AvgIpc) is 3.30. The van der Waals surface area contributed by atoms with Crippen LogP contribution >= 0.6 is 0 Å². The molecule has 4 rings (SSSR count). The van der Waals surface area contributed by atoms with Crippen LogP contribution in [0.1, 0.15) is 17.2 Å². The summed E-state index contributed by atoms with van der Waals surface area (Å²) >= 11 is 0. The highest BCUT2D eigenvalue weighted by atomic mass is 15.1. The lowest BCUT2D eigenvalue weighted by molar-refractivity contribution is 0.676. The molecule has 3 nitrogen and oxygen atoms in total. The van der Waals surface area contributed by atoms with E-state index < -0.39 is 0 Å². The number of nitrogens with zero attached hydrogens (tertiary/aromatic N) is 3. The van der Waals surface area contributed by atoms with Crippen molar-refractivity contribution in [2.24, 2.45) is 0 Å². The van der Waals surface area contributed by atoms with Crippen LogP contribution in [0.25, 0.3) is 5.69 Å². The molecule has 2 heterocycles. The molecule has 0 aliphatic carbocycles. The van der Waals surface area contributed by atoms with Gasteiger partial charge in [0.15, 0.2) is 0 Å². The van der Waals surface area contributed by atoms with Gasteiger partial charge in [-0.15, -0.1) is 0 Å². The first-order chi connectivity index (χ1) is 11.4. The third-order valence-corrected chi connectivity index (χ3v) is 4.02. The maximum atomic E-state index is 4.22. The summed E-state index contributed by atoms with van der Waals surface area (Å²) < 4.78 is 4.29. The Balaban J connectivity index is 1.78. The SMILES string of the molecule is c1ccc(C(c2ccn(-c3ccccc3)c2)n2ccnc2)cc1. The Morgan fingerprint density at radius 3 is 2.17 bits per heavy atom. The van der Waals surface area contributed by atoms with Crippen molar-refractivity contribution in [1.29, 1.82) is 0 Å². The maximum Gasteiger partial charge on any atom is 0.0954 e. The average molecular weight is 299 g/mol. The van der Waals surface area contributed by atoms with Gasteiger partial charge in [-0.05, 0) is 29.3 Å². The lowest BCUT2D eigenvalue weighted by Gasteiger charge is -2.18. The highest BCUT2D eigenvalue weighted by molar-refractivity contribution is 5.37. The van der Waals surface area contributed by atoms with E-state index in [1.165, 1.54) is 11.1 Å². The summed E-state index contributed by atoms with van der Waals surface area (Å²) in [5.41, 5.74) is 3.64. The molecule has 0 fully saturated rings. The van der Waals surface area contributed by atoms with Crippen molar-refractivity contribution < 1.29 is 0 Å². The lowest BCUT2D eigenvalue weighted by Crippen LogP contribution is -2.09. The van der Waals surface area contributed by atoms with E-state index in [1.807, 2.05) is 30.9 Å². The molecule has 2 aromatic heterocycles. The molecular weight excluding hydrogens is 282 g/mol. The van der Waals surface area contributed by atoms with Crippen LogP contribution in [0.3, 0.4) is 0 Å². The monoisotopic (exact) mass is 299 g/mol. The van der Waals surface area contributed by atoms with Crippen LogP contribution in [-0.2, 0) is 0 Å². The molecule has 1 atom stereocenters. The summed E-state index contributed by atoms with van der Waals surface area (Å²) in [5, 5.41) is 0. The van der Waals surface area contributed by atoms with Crippen molar-refractivity contribution in [3.05, 3.63) is 109 Å². The number of aromatic nitrogens is 3. The molecule has 4 aromatic rings. The normalized spacial score (nSPS) is 12.2. The topological polar surface area (TPSA) is 22.8 Å². The third-order valence-electron chi connectivity index (χ3n) is 4.02. The zero-order valence-electron chi connectivity index (χ0n) is 12.7. The maximum absolute atomic E-state index is 4.22. The molecule has 0 radical (unpaired) electrons. The Hall–Kier alpha value is -3.07. The van der Waals surface area contributed by atoms with Crippen molar-refractivity contribution >= 4 is 0 Å². The molecule has 1 unspecified atom stereocenters. The minimum absolute atomic E-state index is 0.128. The van der Waals surface area contributed by atoms with E-state index >= 15 is 0 Å². The van der Waals surface area contributed by atoms with Crippen LogP contribution < -0.4 is 0 Å². The van der Waals surface area contributed by atoms with E-state index in [0.29, 0.717) is 0 Å². The van der Waals surface area contributed by atoms with E-state index in [2.05, 4.69) is 81.1 Å². The molecule has 0 saturated carbocycles. The highest BCUT2D eigenvalue weighted by Crippen LogP contribution is 2.27. The van der Waals surface area contributed by atoms with Crippen molar-refractivity contribution in [3.8, 4) is 5.69 Å². The van der Waals surface area contributed by atoms with Gasteiger partial charge in [-0.3, -0.25) is 0 Å². The van der Waals surface area contributed by atoms with Gasteiger partial charge in [-0.25, -0.2) is 4.98 Å². The standard InChI is InChI=1S/C20H17N3/c1-3-7-17(8-4-1)20(23-14-12-21-16-23)18-11-13-22(15-18)19-9-5-2-6-10-19/h1-16,20H. The second kappa shape index (κ2) is 5.97. The highest BCUT2D eigenvalue weighted by Gasteiger charge is 2.16. The van der Waals surface area contributed by atoms with Crippen LogP contribution in [0.5, 0.6) is 0 Å². The Bertz CT molecular complexity index is 862. The molecule has 3 heteroatoms. The van der Waals surface area contributed by atoms with Crippen LogP contribution in [0.15, 0.2) is 97.8 Å². The number of para-hydroxylation sites is 1. The zero-order valence-corrected chi connectivity index (χ0v) is 12.7. The van der Waals surface area contributed by atoms with E-state index in [-0.39, 0.29) is 6.04 Å². The fourth-order valence-electron chi connectivity index (χ4n) is 2.93. The summed E-state index contributed by atoms with van der Waals surface area (Å²) in [6, 6.07) is 23.2. The Kier molecular flexibility index (Phi) is 3.53. The molecule has 0 N–H and O–H groups in total. The summed E-state index contributed by atoms with van der Waals surface area (Å²) in [7, 11) is 0. The minimum atomic E-state index is 0.128. The summed E-state index contributed by atoms with van der Waals surface area (Å²) in [6.07, 6.45) is 10.0. The van der Waals surface area contributed by atoms with E-state index in [1.54, 1.807) is 0 Å². The minimum Gasteiger partial charge on any atom is -0.326 e. The summed E-state index contributed by atoms with van der Waals surface area (Å²) in [4.78, 5) is 4.22. The Morgan fingerprint density at radius 2 is 1.48 bits per heavy atom. The lowest BCUT2D eigenvalue weighted by atomic mass is 10.0. The van der Waals surface area contributed by atoms with Gasteiger partial charge >= 0.3 is 0 Å². The number of hydrogen-bond acceptors (Lipinski definition) is 1. The molecule has 0 saturated heterocycles. The van der Waals surface area contributed by atoms with Gasteiger partial charge in [-0.2, -0.15) is 0 Å². The molecule has 0 aliphatic heterocycles. The van der Waals surface area contributed by atoms with E-state index in [9.17, 15) is 0 Å². The Morgan fingerprint density at radius 1 is 0.739 bits per heavy atom. The van der Waals surface area contributed by atoms with Gasteiger partial charge in [-0.1, -0.05) is 48.5 Å². The third kappa shape index (κ3) is 2.69. The summed E-state index contributed by atoms with van der Waals surface area (Å²) in [6.45, 7) is 0. The molecular formula is C20H17N3. The predicted molar refractivity (Wildman–Crippen MR) is 91.7 cm³/mol. The quantitative estimate of drug-likeness (QED) is 0.550. The fourth-order valence-corrected chi connectivity index (χ4v) is 2.93. The predicted octanol–water partition coefficient (Wildman–Crippen LogP) is 4.31. The van der Waals surface area contributed by atoms with Crippen molar-refractivity contribution in [3.63, 3.8) is 0 Å². The van der Waals surface area contributed by atoms with Crippen LogP contribution in [-0.4, -0.2) is 14.1 Å². The van der Waals surface area contributed by atoms with E-state index in [4.69, 9.17) is 0 Å². The van der Waals surface area contributed by atoms with Gasteiger partial charge in [0, 0.05) is 30.5 Å². The second-order valence-corrected chi connectivity index (χ2v) is 5.51. The van der Waals surface area contributed by atoms with Gasteiger partial charge in [0.25, 0.3) is 0 Å². The largest absolute Gasteiger partial charge is 0.326 e. The zero-order chi connectivity index (χ0) is 15.5. The molecule has 0 amide bonds. The number of rotatable bonds is 4. The number of benzene rings is 2. The van der Waals surface area contributed by atoms with Crippen LogP contribution in [0, 0.1) is 0 Å². The molecule has 0 bridgehead atoms. The first-order valence-corrected chi connectivity index (χ1v) is 7.67. The fraction of sp³-hybridized carbons (Fsp3) is 0.0500. The van der Waals surface area contributed by atoms with Gasteiger partial charge in [0.1, 0.15) is 0 Å². The van der Waals surface area contributed by atoms with Gasteiger partial charge < -0.3 is 9.13 Å². The smallest absolute Gasteiger partial charge is 0.0954 e. The van der Waals surface area contributed by atoms with Crippen LogP contribution in [0.2, 0.25) is 0 Å². The van der Waals surface area contributed by atoms with Crippen molar-refractivity contribution in [2.75, 3.05) is 0 Å². The van der Waals surface area contributed by atoms with Gasteiger partial charge in [0.05, 0.1) is 12.4 Å².